The normalized spacial score (nSPS) is 11.4. The summed E-state index contributed by atoms with van der Waals surface area (Å²) < 4.78 is 36.9. The van der Waals surface area contributed by atoms with E-state index in [2.05, 4.69) is 21.2 Å². The SMILES string of the molecule is CCCCOc1ccc(S(=O)(=O)NCc2ccc(-c3csnn3)cc2)cc1. The second kappa shape index (κ2) is 9.07. The number of ether oxygens (including phenoxy) is 1. The molecule has 2 aromatic carbocycles. The summed E-state index contributed by atoms with van der Waals surface area (Å²) in [5, 5.41) is 5.89. The predicted molar refractivity (Wildman–Crippen MR) is 106 cm³/mol. The Hall–Kier alpha value is -2.29. The molecule has 0 spiro atoms. The molecule has 0 aliphatic heterocycles. The average molecular weight is 404 g/mol. The Balaban J connectivity index is 1.59. The van der Waals surface area contributed by atoms with Crippen LogP contribution in [0.3, 0.4) is 0 Å². The van der Waals surface area contributed by atoms with E-state index in [1.165, 1.54) is 11.5 Å². The Morgan fingerprint density at radius 3 is 2.44 bits per heavy atom. The van der Waals surface area contributed by atoms with Crippen LogP contribution >= 0.6 is 11.5 Å². The van der Waals surface area contributed by atoms with E-state index in [0.29, 0.717) is 12.4 Å². The maximum absolute atomic E-state index is 12.5. The third-order valence-corrected chi connectivity index (χ3v) is 5.90. The maximum atomic E-state index is 12.5. The molecule has 8 heteroatoms. The molecule has 1 heterocycles. The summed E-state index contributed by atoms with van der Waals surface area (Å²) in [7, 11) is -3.58. The van der Waals surface area contributed by atoms with Crippen LogP contribution in [0, 0.1) is 0 Å². The summed E-state index contributed by atoms with van der Waals surface area (Å²) in [5.41, 5.74) is 2.63. The highest BCUT2D eigenvalue weighted by Crippen LogP contribution is 2.19. The van der Waals surface area contributed by atoms with E-state index in [9.17, 15) is 8.42 Å². The first-order valence-corrected chi connectivity index (χ1v) is 11.0. The zero-order chi connectivity index (χ0) is 19.1. The van der Waals surface area contributed by atoms with Crippen molar-refractivity contribution in [1.82, 2.24) is 14.3 Å². The van der Waals surface area contributed by atoms with Gasteiger partial charge in [0.05, 0.1) is 11.5 Å². The summed E-state index contributed by atoms with van der Waals surface area (Å²) in [4.78, 5) is 0.218. The molecule has 0 radical (unpaired) electrons. The largest absolute Gasteiger partial charge is 0.494 e. The minimum absolute atomic E-state index is 0.215. The van der Waals surface area contributed by atoms with E-state index >= 15 is 0 Å². The van der Waals surface area contributed by atoms with Gasteiger partial charge >= 0.3 is 0 Å². The molecule has 27 heavy (non-hydrogen) atoms. The fourth-order valence-corrected chi connectivity index (χ4v) is 3.88. The van der Waals surface area contributed by atoms with Crippen LogP contribution in [0.1, 0.15) is 25.3 Å². The van der Waals surface area contributed by atoms with Crippen molar-refractivity contribution >= 4 is 21.6 Å². The molecule has 0 amide bonds. The Labute approximate surface area is 163 Å². The molecule has 0 aliphatic carbocycles. The Morgan fingerprint density at radius 2 is 1.81 bits per heavy atom. The van der Waals surface area contributed by atoms with Crippen LogP contribution in [0.15, 0.2) is 58.8 Å². The molecule has 0 bridgehead atoms. The predicted octanol–water partition coefficient (Wildman–Crippen LogP) is 3.86. The van der Waals surface area contributed by atoms with Gasteiger partial charge in [0.15, 0.2) is 0 Å². The molecular weight excluding hydrogens is 382 g/mol. The number of rotatable bonds is 9. The van der Waals surface area contributed by atoms with Gasteiger partial charge in [0.2, 0.25) is 10.0 Å². The molecule has 0 aliphatic rings. The number of nitrogens with zero attached hydrogens (tertiary/aromatic N) is 2. The van der Waals surface area contributed by atoms with Crippen molar-refractivity contribution in [2.45, 2.75) is 31.2 Å². The van der Waals surface area contributed by atoms with Crippen LogP contribution in [0.2, 0.25) is 0 Å². The van der Waals surface area contributed by atoms with Crippen molar-refractivity contribution in [3.63, 3.8) is 0 Å². The molecule has 0 saturated heterocycles. The van der Waals surface area contributed by atoms with Crippen LogP contribution < -0.4 is 9.46 Å². The number of hydrogen-bond acceptors (Lipinski definition) is 6. The second-order valence-corrected chi connectivity index (χ2v) is 8.36. The molecule has 3 aromatic rings. The lowest BCUT2D eigenvalue weighted by Gasteiger charge is -2.09. The summed E-state index contributed by atoms with van der Waals surface area (Å²) >= 11 is 1.29. The number of benzene rings is 2. The van der Waals surface area contributed by atoms with Crippen LogP contribution in [0.5, 0.6) is 5.75 Å². The Kier molecular flexibility index (Phi) is 6.54. The molecule has 0 atom stereocenters. The van der Waals surface area contributed by atoms with Gasteiger partial charge < -0.3 is 4.74 Å². The summed E-state index contributed by atoms with van der Waals surface area (Å²) in [6.07, 6.45) is 2.03. The summed E-state index contributed by atoms with van der Waals surface area (Å²) in [5.74, 6) is 0.675. The number of unbranched alkanes of at least 4 members (excludes halogenated alkanes) is 1. The average Bonchev–Trinajstić information content (AvgIpc) is 3.22. The van der Waals surface area contributed by atoms with Gasteiger partial charge in [-0.2, -0.15) is 0 Å². The first-order chi connectivity index (χ1) is 13.1. The summed E-state index contributed by atoms with van der Waals surface area (Å²) in [6.45, 7) is 2.94. The lowest BCUT2D eigenvalue weighted by molar-refractivity contribution is 0.309. The van der Waals surface area contributed by atoms with Crippen molar-refractivity contribution in [1.29, 1.82) is 0 Å². The van der Waals surface area contributed by atoms with E-state index in [0.717, 1.165) is 29.7 Å². The lowest BCUT2D eigenvalue weighted by atomic mass is 10.1. The highest BCUT2D eigenvalue weighted by atomic mass is 32.2. The van der Waals surface area contributed by atoms with E-state index in [-0.39, 0.29) is 11.4 Å². The number of aromatic nitrogens is 2. The van der Waals surface area contributed by atoms with Crippen molar-refractivity contribution in [2.75, 3.05) is 6.61 Å². The van der Waals surface area contributed by atoms with Gasteiger partial charge in [-0.05, 0) is 47.8 Å². The summed E-state index contributed by atoms with van der Waals surface area (Å²) in [6, 6.07) is 14.0. The lowest BCUT2D eigenvalue weighted by Crippen LogP contribution is -2.23. The minimum Gasteiger partial charge on any atom is -0.494 e. The van der Waals surface area contributed by atoms with E-state index < -0.39 is 10.0 Å². The molecule has 3 rings (SSSR count). The molecular formula is C19H21N3O3S2. The molecule has 6 nitrogen and oxygen atoms in total. The van der Waals surface area contributed by atoms with Crippen LogP contribution in [0.4, 0.5) is 0 Å². The quantitative estimate of drug-likeness (QED) is 0.549. The van der Waals surface area contributed by atoms with Crippen molar-refractivity contribution in [3.8, 4) is 17.0 Å². The molecule has 142 valence electrons. The zero-order valence-corrected chi connectivity index (χ0v) is 16.6. The van der Waals surface area contributed by atoms with Crippen molar-refractivity contribution in [3.05, 3.63) is 59.5 Å². The molecule has 1 aromatic heterocycles. The van der Waals surface area contributed by atoms with Crippen LogP contribution in [0.25, 0.3) is 11.3 Å². The first-order valence-electron chi connectivity index (χ1n) is 8.67. The zero-order valence-electron chi connectivity index (χ0n) is 15.0. The van der Waals surface area contributed by atoms with E-state index in [1.54, 1.807) is 24.3 Å². The molecule has 0 fully saturated rings. The molecule has 0 unspecified atom stereocenters. The third-order valence-electron chi connectivity index (χ3n) is 3.98. The van der Waals surface area contributed by atoms with E-state index in [4.69, 9.17) is 4.74 Å². The molecule has 1 N–H and O–H groups in total. The van der Waals surface area contributed by atoms with Gasteiger partial charge in [0.25, 0.3) is 0 Å². The topological polar surface area (TPSA) is 81.2 Å². The number of hydrogen-bond donors (Lipinski definition) is 1. The number of nitrogens with one attached hydrogen (secondary N) is 1. The molecule has 0 saturated carbocycles. The Morgan fingerprint density at radius 1 is 1.07 bits per heavy atom. The number of sulfonamides is 1. The van der Waals surface area contributed by atoms with E-state index in [1.807, 2.05) is 29.6 Å². The van der Waals surface area contributed by atoms with Gasteiger partial charge in [-0.25, -0.2) is 13.1 Å². The van der Waals surface area contributed by atoms with Gasteiger partial charge in [-0.15, -0.1) is 5.10 Å². The standard InChI is InChI=1S/C19H21N3O3S2/c1-2-3-12-25-17-8-10-18(11-9-17)27(23,24)20-13-15-4-6-16(7-5-15)19-14-26-22-21-19/h4-11,14,20H,2-3,12-13H2,1H3. The van der Waals surface area contributed by atoms with Gasteiger partial charge in [0.1, 0.15) is 11.4 Å². The first kappa shape index (κ1) is 19.5. The van der Waals surface area contributed by atoms with Crippen molar-refractivity contribution in [2.24, 2.45) is 0 Å². The maximum Gasteiger partial charge on any atom is 0.240 e. The second-order valence-electron chi connectivity index (χ2n) is 5.99. The Bertz CT molecular complexity index is 939. The van der Waals surface area contributed by atoms with Crippen LogP contribution in [-0.4, -0.2) is 24.6 Å². The highest BCUT2D eigenvalue weighted by molar-refractivity contribution is 7.89. The third kappa shape index (κ3) is 5.35. The monoisotopic (exact) mass is 403 g/mol. The van der Waals surface area contributed by atoms with Gasteiger partial charge in [-0.1, -0.05) is 42.1 Å². The smallest absolute Gasteiger partial charge is 0.240 e. The minimum atomic E-state index is -3.58. The highest BCUT2D eigenvalue weighted by Gasteiger charge is 2.14. The van der Waals surface area contributed by atoms with Crippen LogP contribution in [-0.2, 0) is 16.6 Å². The fraction of sp³-hybridized carbons (Fsp3) is 0.263. The van der Waals surface area contributed by atoms with Gasteiger partial charge in [-0.3, -0.25) is 0 Å². The fourth-order valence-electron chi connectivity index (χ4n) is 2.39. The van der Waals surface area contributed by atoms with Gasteiger partial charge in [0, 0.05) is 17.5 Å². The van der Waals surface area contributed by atoms with Crippen molar-refractivity contribution < 1.29 is 13.2 Å².